The molecule has 112 valence electrons. The van der Waals surface area contributed by atoms with E-state index in [1.165, 1.54) is 0 Å². The lowest BCUT2D eigenvalue weighted by molar-refractivity contribution is 0.0377. The fourth-order valence-electron chi connectivity index (χ4n) is 1.51. The van der Waals surface area contributed by atoms with Crippen molar-refractivity contribution in [2.45, 2.75) is 26.6 Å². The Morgan fingerprint density at radius 2 is 1.75 bits per heavy atom. The molecule has 5 heteroatoms. The third kappa shape index (κ3) is 6.65. The average Bonchev–Trinajstić information content (AvgIpc) is 2.42. The van der Waals surface area contributed by atoms with E-state index in [0.29, 0.717) is 38.5 Å². The molecule has 2 N–H and O–H groups in total. The molecule has 0 unspecified atom stereocenters. The van der Waals surface area contributed by atoms with E-state index in [4.69, 9.17) is 19.9 Å². The average molecular weight is 281 g/mol. The van der Waals surface area contributed by atoms with E-state index in [0.717, 1.165) is 5.56 Å². The molecule has 0 aliphatic carbocycles. The molecule has 0 aliphatic rings. The number of carbonyl (C=O) groups excluding carboxylic acids is 1. The second-order valence-electron chi connectivity index (χ2n) is 4.60. The van der Waals surface area contributed by atoms with Gasteiger partial charge in [-0.2, -0.15) is 0 Å². The van der Waals surface area contributed by atoms with Crippen LogP contribution in [0.5, 0.6) is 0 Å². The van der Waals surface area contributed by atoms with Crippen LogP contribution in [0.1, 0.15) is 29.8 Å². The Bertz CT molecular complexity index is 389. The lowest BCUT2D eigenvalue weighted by atomic mass is 10.1. The molecule has 0 spiro atoms. The van der Waals surface area contributed by atoms with Crippen LogP contribution in [-0.2, 0) is 20.8 Å². The Morgan fingerprint density at radius 1 is 1.10 bits per heavy atom. The molecule has 0 atom stereocenters. The van der Waals surface area contributed by atoms with Gasteiger partial charge in [-0.25, -0.2) is 4.79 Å². The highest BCUT2D eigenvalue weighted by Gasteiger charge is 2.08. The Balaban J connectivity index is 2.30. The van der Waals surface area contributed by atoms with Gasteiger partial charge in [0.25, 0.3) is 0 Å². The van der Waals surface area contributed by atoms with Crippen molar-refractivity contribution in [2.24, 2.45) is 5.73 Å². The standard InChI is InChI=1S/C15H23NO4/c1-12(2)20-15(17)14-5-3-13(4-6-14)11-19-10-9-18-8-7-16/h3-6,12H,7-11,16H2,1-2H3. The van der Waals surface area contributed by atoms with Crippen molar-refractivity contribution in [1.29, 1.82) is 0 Å². The Morgan fingerprint density at radius 3 is 2.35 bits per heavy atom. The minimum Gasteiger partial charge on any atom is -0.459 e. The van der Waals surface area contributed by atoms with E-state index >= 15 is 0 Å². The number of carbonyl (C=O) groups is 1. The molecule has 0 saturated heterocycles. The first-order valence-electron chi connectivity index (χ1n) is 6.79. The number of hydrogen-bond donors (Lipinski definition) is 1. The number of rotatable bonds is 9. The van der Waals surface area contributed by atoms with Crippen LogP contribution in [-0.4, -0.2) is 38.4 Å². The maximum Gasteiger partial charge on any atom is 0.338 e. The third-order valence-electron chi connectivity index (χ3n) is 2.44. The molecular formula is C15H23NO4. The zero-order chi connectivity index (χ0) is 14.8. The summed E-state index contributed by atoms with van der Waals surface area (Å²) in [7, 11) is 0. The second-order valence-corrected chi connectivity index (χ2v) is 4.60. The number of ether oxygens (including phenoxy) is 3. The highest BCUT2D eigenvalue weighted by molar-refractivity contribution is 5.89. The van der Waals surface area contributed by atoms with Crippen LogP contribution in [0.25, 0.3) is 0 Å². The first-order valence-corrected chi connectivity index (χ1v) is 6.79. The fraction of sp³-hybridized carbons (Fsp3) is 0.533. The Kier molecular flexibility index (Phi) is 7.87. The molecule has 0 saturated carbocycles. The summed E-state index contributed by atoms with van der Waals surface area (Å²) in [6.07, 6.45) is -0.112. The largest absolute Gasteiger partial charge is 0.459 e. The molecule has 1 aromatic carbocycles. The molecule has 5 nitrogen and oxygen atoms in total. The Labute approximate surface area is 120 Å². The maximum atomic E-state index is 11.6. The van der Waals surface area contributed by atoms with Gasteiger partial charge in [0.1, 0.15) is 0 Å². The van der Waals surface area contributed by atoms with E-state index in [-0.39, 0.29) is 12.1 Å². The zero-order valence-corrected chi connectivity index (χ0v) is 12.1. The van der Waals surface area contributed by atoms with Crippen molar-refractivity contribution < 1.29 is 19.0 Å². The third-order valence-corrected chi connectivity index (χ3v) is 2.44. The summed E-state index contributed by atoms with van der Waals surface area (Å²) in [5, 5.41) is 0. The molecule has 0 aromatic heterocycles. The highest BCUT2D eigenvalue weighted by atomic mass is 16.5. The van der Waals surface area contributed by atoms with Gasteiger partial charge in [0.15, 0.2) is 0 Å². The van der Waals surface area contributed by atoms with Gasteiger partial charge in [0, 0.05) is 6.54 Å². The first kappa shape index (κ1) is 16.6. The van der Waals surface area contributed by atoms with E-state index in [2.05, 4.69) is 0 Å². The van der Waals surface area contributed by atoms with Gasteiger partial charge in [-0.1, -0.05) is 12.1 Å². The monoisotopic (exact) mass is 281 g/mol. The summed E-state index contributed by atoms with van der Waals surface area (Å²) >= 11 is 0. The van der Waals surface area contributed by atoms with Crippen LogP contribution >= 0.6 is 0 Å². The summed E-state index contributed by atoms with van der Waals surface area (Å²) in [5.74, 6) is -0.303. The molecule has 0 amide bonds. The first-order chi connectivity index (χ1) is 9.63. The molecule has 0 bridgehead atoms. The Hall–Kier alpha value is -1.43. The van der Waals surface area contributed by atoms with Crippen LogP contribution in [0.2, 0.25) is 0 Å². The van der Waals surface area contributed by atoms with Crippen molar-refractivity contribution in [3.05, 3.63) is 35.4 Å². The molecule has 1 aromatic rings. The number of esters is 1. The second kappa shape index (κ2) is 9.47. The summed E-state index contributed by atoms with van der Waals surface area (Å²) in [6, 6.07) is 7.21. The van der Waals surface area contributed by atoms with Crippen LogP contribution in [0, 0.1) is 0 Å². The quantitative estimate of drug-likeness (QED) is 0.551. The van der Waals surface area contributed by atoms with Crippen molar-refractivity contribution in [3.63, 3.8) is 0 Å². The molecular weight excluding hydrogens is 258 g/mol. The van der Waals surface area contributed by atoms with Gasteiger partial charge in [0.05, 0.1) is 38.1 Å². The van der Waals surface area contributed by atoms with E-state index in [1.54, 1.807) is 12.1 Å². The lowest BCUT2D eigenvalue weighted by Gasteiger charge is -2.08. The van der Waals surface area contributed by atoms with Gasteiger partial charge >= 0.3 is 5.97 Å². The van der Waals surface area contributed by atoms with Crippen LogP contribution < -0.4 is 5.73 Å². The van der Waals surface area contributed by atoms with Crippen LogP contribution in [0.4, 0.5) is 0 Å². The summed E-state index contributed by atoms with van der Waals surface area (Å²) < 4.78 is 15.8. The van der Waals surface area contributed by atoms with Gasteiger partial charge in [-0.05, 0) is 31.5 Å². The minimum absolute atomic E-state index is 0.112. The number of nitrogens with two attached hydrogens (primary N) is 1. The maximum absolute atomic E-state index is 11.6. The van der Waals surface area contributed by atoms with Crippen molar-refractivity contribution in [1.82, 2.24) is 0 Å². The van der Waals surface area contributed by atoms with Gasteiger partial charge in [-0.15, -0.1) is 0 Å². The predicted molar refractivity (Wildman–Crippen MR) is 76.5 cm³/mol. The molecule has 1 rings (SSSR count). The normalized spacial score (nSPS) is 10.8. The fourth-order valence-corrected chi connectivity index (χ4v) is 1.51. The van der Waals surface area contributed by atoms with Gasteiger partial charge in [-0.3, -0.25) is 0 Å². The van der Waals surface area contributed by atoms with Crippen molar-refractivity contribution in [2.75, 3.05) is 26.4 Å². The number of benzene rings is 1. The van der Waals surface area contributed by atoms with Crippen LogP contribution in [0.3, 0.4) is 0 Å². The van der Waals surface area contributed by atoms with Crippen molar-refractivity contribution >= 4 is 5.97 Å². The smallest absolute Gasteiger partial charge is 0.338 e. The summed E-state index contributed by atoms with van der Waals surface area (Å²) in [6.45, 7) is 6.28. The van der Waals surface area contributed by atoms with E-state index < -0.39 is 0 Å². The minimum atomic E-state index is -0.303. The summed E-state index contributed by atoms with van der Waals surface area (Å²) in [4.78, 5) is 11.6. The predicted octanol–water partition coefficient (Wildman–Crippen LogP) is 1.74. The lowest BCUT2D eigenvalue weighted by Crippen LogP contribution is -2.12. The molecule has 0 heterocycles. The SMILES string of the molecule is CC(C)OC(=O)c1ccc(COCCOCCN)cc1. The van der Waals surface area contributed by atoms with Gasteiger partial charge < -0.3 is 19.9 Å². The summed E-state index contributed by atoms with van der Waals surface area (Å²) in [5.41, 5.74) is 6.85. The molecule has 20 heavy (non-hydrogen) atoms. The highest BCUT2D eigenvalue weighted by Crippen LogP contribution is 2.08. The van der Waals surface area contributed by atoms with E-state index in [1.807, 2.05) is 26.0 Å². The topological polar surface area (TPSA) is 70.8 Å². The zero-order valence-electron chi connectivity index (χ0n) is 12.1. The molecule has 0 fully saturated rings. The van der Waals surface area contributed by atoms with Crippen LogP contribution in [0.15, 0.2) is 24.3 Å². The van der Waals surface area contributed by atoms with Crippen molar-refractivity contribution in [3.8, 4) is 0 Å². The number of hydrogen-bond acceptors (Lipinski definition) is 5. The van der Waals surface area contributed by atoms with E-state index in [9.17, 15) is 4.79 Å². The van der Waals surface area contributed by atoms with Gasteiger partial charge in [0.2, 0.25) is 0 Å². The molecule has 0 aliphatic heterocycles. The molecule has 0 radical (unpaired) electrons.